The van der Waals surface area contributed by atoms with Crippen molar-refractivity contribution in [3.05, 3.63) is 40.9 Å². The number of hydrogen-bond donors (Lipinski definition) is 2. The Bertz CT molecular complexity index is 916. The van der Waals surface area contributed by atoms with Gasteiger partial charge in [0.25, 0.3) is 0 Å². The van der Waals surface area contributed by atoms with E-state index in [0.29, 0.717) is 27.1 Å². The summed E-state index contributed by atoms with van der Waals surface area (Å²) in [6.07, 6.45) is 0.0206. The molecule has 3 aromatic rings. The van der Waals surface area contributed by atoms with Crippen LogP contribution in [0.15, 0.2) is 24.5 Å². The molecule has 0 saturated heterocycles. The van der Waals surface area contributed by atoms with E-state index in [1.165, 1.54) is 24.5 Å². The SMILES string of the molecule is Cc1c(OC(=O)O)[se]c2ncnc(Nc3ccc(F)c(Cl)c3)c12. The first-order valence-electron chi connectivity index (χ1n) is 6.32. The first kappa shape index (κ1) is 15.7. The minimum atomic E-state index is -1.36. The fourth-order valence-electron chi connectivity index (χ4n) is 2.03. The molecule has 0 atom stereocenters. The monoisotopic (exact) mass is 401 g/mol. The normalized spacial score (nSPS) is 10.7. The van der Waals surface area contributed by atoms with Gasteiger partial charge in [0.1, 0.15) is 0 Å². The maximum atomic E-state index is 13.2. The van der Waals surface area contributed by atoms with Gasteiger partial charge in [0.2, 0.25) is 0 Å². The Kier molecular flexibility index (Phi) is 4.21. The number of ether oxygens (including phenoxy) is 1. The Balaban J connectivity index is 2.05. The molecule has 0 amide bonds. The zero-order chi connectivity index (χ0) is 16.6. The van der Waals surface area contributed by atoms with Crippen molar-refractivity contribution in [2.75, 3.05) is 5.32 Å². The molecule has 0 bridgehead atoms. The molecule has 0 saturated carbocycles. The van der Waals surface area contributed by atoms with Crippen molar-refractivity contribution in [2.24, 2.45) is 0 Å². The summed E-state index contributed by atoms with van der Waals surface area (Å²) >= 11 is 5.42. The van der Waals surface area contributed by atoms with E-state index in [4.69, 9.17) is 21.4 Å². The van der Waals surface area contributed by atoms with E-state index in [0.717, 1.165) is 4.39 Å². The van der Waals surface area contributed by atoms with Crippen LogP contribution in [0, 0.1) is 12.7 Å². The van der Waals surface area contributed by atoms with Crippen LogP contribution in [0.2, 0.25) is 5.02 Å². The minimum absolute atomic E-state index is 0.00733. The number of aryl methyl sites for hydroxylation is 1. The van der Waals surface area contributed by atoms with Gasteiger partial charge in [0, 0.05) is 0 Å². The van der Waals surface area contributed by atoms with Crippen molar-refractivity contribution >= 4 is 53.5 Å². The second kappa shape index (κ2) is 6.16. The molecule has 0 radical (unpaired) electrons. The van der Waals surface area contributed by atoms with Gasteiger partial charge in [-0.15, -0.1) is 0 Å². The third kappa shape index (κ3) is 3.14. The summed E-state index contributed by atoms with van der Waals surface area (Å²) in [4.78, 5) is 19.1. The van der Waals surface area contributed by atoms with Crippen molar-refractivity contribution < 1.29 is 19.0 Å². The molecule has 23 heavy (non-hydrogen) atoms. The predicted molar refractivity (Wildman–Crippen MR) is 84.6 cm³/mol. The molecule has 118 valence electrons. The van der Waals surface area contributed by atoms with Crippen LogP contribution in [-0.4, -0.2) is 35.7 Å². The van der Waals surface area contributed by atoms with Crippen LogP contribution in [0.1, 0.15) is 5.56 Å². The maximum absolute atomic E-state index is 13.2. The van der Waals surface area contributed by atoms with Gasteiger partial charge in [-0.05, 0) is 0 Å². The molecule has 2 N–H and O–H groups in total. The quantitative estimate of drug-likeness (QED) is 0.516. The molecule has 0 aliphatic rings. The summed E-state index contributed by atoms with van der Waals surface area (Å²) in [5.41, 5.74) is 1.23. The topological polar surface area (TPSA) is 84.3 Å². The third-order valence-corrected chi connectivity index (χ3v) is 5.60. The summed E-state index contributed by atoms with van der Waals surface area (Å²) in [5.74, 6) is -0.0253. The summed E-state index contributed by atoms with van der Waals surface area (Å²) in [6.45, 7) is 1.75. The molecule has 1 aromatic carbocycles. The van der Waals surface area contributed by atoms with Gasteiger partial charge in [-0.25, -0.2) is 0 Å². The van der Waals surface area contributed by atoms with Gasteiger partial charge in [0.05, 0.1) is 0 Å². The number of hydrogen-bond acceptors (Lipinski definition) is 5. The van der Waals surface area contributed by atoms with E-state index in [2.05, 4.69) is 15.3 Å². The van der Waals surface area contributed by atoms with Crippen molar-refractivity contribution in [1.82, 2.24) is 9.97 Å². The number of fused-ring (bicyclic) bond motifs is 1. The second-order valence-corrected chi connectivity index (χ2v) is 6.96. The molecule has 2 aromatic heterocycles. The Hall–Kier alpha value is -2.15. The van der Waals surface area contributed by atoms with Gasteiger partial charge in [-0.3, -0.25) is 0 Å². The van der Waals surface area contributed by atoms with E-state index in [-0.39, 0.29) is 19.5 Å². The van der Waals surface area contributed by atoms with Crippen LogP contribution in [0.3, 0.4) is 0 Å². The van der Waals surface area contributed by atoms with E-state index in [9.17, 15) is 9.18 Å². The number of anilines is 2. The summed E-state index contributed by atoms with van der Waals surface area (Å²) in [7, 11) is 0. The summed E-state index contributed by atoms with van der Waals surface area (Å²) in [6, 6.07) is 4.22. The standard InChI is InChI=1S/C14H9ClFN3O3Se/c1-6-10-11(19-7-2-3-9(16)8(15)4-7)17-5-18-12(10)23-13(6)22-14(20)21/h2-5H,1H3,(H,20,21)(H,17,18,19). The summed E-state index contributed by atoms with van der Waals surface area (Å²) in [5, 5.41) is 12.5. The van der Waals surface area contributed by atoms with E-state index >= 15 is 0 Å². The van der Waals surface area contributed by atoms with Crippen LogP contribution in [-0.2, 0) is 0 Å². The van der Waals surface area contributed by atoms with Crippen molar-refractivity contribution in [1.29, 1.82) is 0 Å². The van der Waals surface area contributed by atoms with Crippen molar-refractivity contribution in [3.63, 3.8) is 0 Å². The fraction of sp³-hybridized carbons (Fsp3) is 0.0714. The zero-order valence-electron chi connectivity index (χ0n) is 11.6. The number of nitrogens with zero attached hydrogens (tertiary/aromatic N) is 2. The van der Waals surface area contributed by atoms with Gasteiger partial charge in [-0.1, -0.05) is 0 Å². The number of halogens is 2. The zero-order valence-corrected chi connectivity index (χ0v) is 14.1. The Morgan fingerprint density at radius 1 is 1.43 bits per heavy atom. The van der Waals surface area contributed by atoms with Gasteiger partial charge in [-0.2, -0.15) is 0 Å². The molecule has 0 unspecified atom stereocenters. The van der Waals surface area contributed by atoms with Gasteiger partial charge in [0.15, 0.2) is 0 Å². The molecule has 9 heteroatoms. The Morgan fingerprint density at radius 3 is 2.91 bits per heavy atom. The van der Waals surface area contributed by atoms with Gasteiger partial charge < -0.3 is 0 Å². The molecule has 0 aliphatic carbocycles. The average molecular weight is 401 g/mol. The first-order valence-corrected chi connectivity index (χ1v) is 8.41. The molecule has 2 heterocycles. The Labute approximate surface area is 140 Å². The molecular weight excluding hydrogens is 392 g/mol. The van der Waals surface area contributed by atoms with E-state index < -0.39 is 12.0 Å². The van der Waals surface area contributed by atoms with Gasteiger partial charge >= 0.3 is 140 Å². The summed E-state index contributed by atoms with van der Waals surface area (Å²) < 4.78 is 19.1. The molecule has 0 aliphatic heterocycles. The molecular formula is C14H9ClFN3O3Se. The number of carbonyl (C=O) groups is 1. The molecule has 0 fully saturated rings. The first-order chi connectivity index (χ1) is 11.0. The number of carboxylic acid groups (broad SMARTS) is 1. The average Bonchev–Trinajstić information content (AvgIpc) is 2.80. The van der Waals surface area contributed by atoms with Crippen LogP contribution < -0.4 is 10.1 Å². The Morgan fingerprint density at radius 2 is 2.22 bits per heavy atom. The van der Waals surface area contributed by atoms with Crippen LogP contribution in [0.25, 0.3) is 9.78 Å². The number of benzene rings is 1. The molecule has 0 spiro atoms. The fourth-order valence-corrected chi connectivity index (χ4v) is 4.30. The van der Waals surface area contributed by atoms with Crippen molar-refractivity contribution in [3.8, 4) is 4.62 Å². The van der Waals surface area contributed by atoms with E-state index in [1.54, 1.807) is 6.92 Å². The molecule has 3 rings (SSSR count). The van der Waals surface area contributed by atoms with Crippen molar-refractivity contribution in [2.45, 2.75) is 6.92 Å². The number of aromatic nitrogens is 2. The number of rotatable bonds is 3. The van der Waals surface area contributed by atoms with E-state index in [1.807, 2.05) is 0 Å². The number of nitrogens with one attached hydrogen (secondary N) is 1. The third-order valence-electron chi connectivity index (χ3n) is 3.05. The van der Waals surface area contributed by atoms with Crippen LogP contribution in [0.5, 0.6) is 4.62 Å². The predicted octanol–water partition coefficient (Wildman–Crippen LogP) is 3.59. The van der Waals surface area contributed by atoms with Crippen LogP contribution in [0.4, 0.5) is 20.7 Å². The van der Waals surface area contributed by atoms with Crippen LogP contribution >= 0.6 is 11.6 Å². The second-order valence-electron chi connectivity index (χ2n) is 4.54. The molecule has 6 nitrogen and oxygen atoms in total.